The molecule has 3 heteroatoms. The lowest BCUT2D eigenvalue weighted by molar-refractivity contribution is 0.0758. The van der Waals surface area contributed by atoms with Crippen LogP contribution in [0.2, 0.25) is 0 Å². The summed E-state index contributed by atoms with van der Waals surface area (Å²) in [5.41, 5.74) is 5.79. The summed E-state index contributed by atoms with van der Waals surface area (Å²) in [6.45, 7) is 13.9. The van der Waals surface area contributed by atoms with E-state index in [1.807, 2.05) is 0 Å². The molecule has 2 saturated carbocycles. The Labute approximate surface area is 138 Å². The van der Waals surface area contributed by atoms with Gasteiger partial charge in [0.15, 0.2) is 0 Å². The SMILES string of the molecule is CC(C)C1(N)CC1.CC(C)C1(O)CC1.CC(C)C1CCCO1. The van der Waals surface area contributed by atoms with E-state index in [2.05, 4.69) is 41.5 Å². The van der Waals surface area contributed by atoms with Crippen molar-refractivity contribution in [2.24, 2.45) is 23.5 Å². The van der Waals surface area contributed by atoms with Crippen LogP contribution in [0.1, 0.15) is 80.1 Å². The lowest BCUT2D eigenvalue weighted by Crippen LogP contribution is -2.27. The van der Waals surface area contributed by atoms with Crippen LogP contribution in [-0.2, 0) is 4.74 Å². The molecule has 0 radical (unpaired) electrons. The van der Waals surface area contributed by atoms with E-state index in [0.29, 0.717) is 17.9 Å². The molecular formula is C19H39NO2. The Hall–Kier alpha value is -0.120. The van der Waals surface area contributed by atoms with Crippen LogP contribution in [0.3, 0.4) is 0 Å². The maximum atomic E-state index is 9.21. The van der Waals surface area contributed by atoms with Gasteiger partial charge in [-0.05, 0) is 56.3 Å². The third-order valence-corrected chi connectivity index (χ3v) is 5.52. The summed E-state index contributed by atoms with van der Waals surface area (Å²) in [4.78, 5) is 0. The Morgan fingerprint density at radius 2 is 1.50 bits per heavy atom. The second-order valence-corrected chi connectivity index (χ2v) is 8.44. The zero-order valence-corrected chi connectivity index (χ0v) is 15.7. The number of ether oxygens (including phenoxy) is 1. The van der Waals surface area contributed by atoms with Crippen LogP contribution < -0.4 is 5.73 Å². The zero-order chi connectivity index (χ0) is 17.0. The van der Waals surface area contributed by atoms with Gasteiger partial charge < -0.3 is 15.6 Å². The second kappa shape index (κ2) is 8.12. The maximum Gasteiger partial charge on any atom is 0.0672 e. The van der Waals surface area contributed by atoms with Gasteiger partial charge >= 0.3 is 0 Å². The highest BCUT2D eigenvalue weighted by molar-refractivity contribution is 5.00. The molecule has 1 saturated heterocycles. The van der Waals surface area contributed by atoms with Crippen LogP contribution in [0.15, 0.2) is 0 Å². The molecule has 1 unspecified atom stereocenters. The number of hydrogen-bond donors (Lipinski definition) is 2. The molecule has 0 aromatic heterocycles. The fourth-order valence-electron chi connectivity index (χ4n) is 2.56. The van der Waals surface area contributed by atoms with Crippen LogP contribution in [0, 0.1) is 17.8 Å². The Bertz CT molecular complexity index is 289. The third-order valence-electron chi connectivity index (χ3n) is 5.52. The van der Waals surface area contributed by atoms with Crippen molar-refractivity contribution in [3.8, 4) is 0 Å². The first-order valence-corrected chi connectivity index (χ1v) is 9.23. The zero-order valence-electron chi connectivity index (χ0n) is 15.7. The van der Waals surface area contributed by atoms with E-state index in [0.717, 1.165) is 25.4 Å². The van der Waals surface area contributed by atoms with E-state index in [1.165, 1.54) is 25.7 Å². The van der Waals surface area contributed by atoms with Gasteiger partial charge in [-0.1, -0.05) is 41.5 Å². The molecule has 1 aliphatic heterocycles. The summed E-state index contributed by atoms with van der Waals surface area (Å²) >= 11 is 0. The quantitative estimate of drug-likeness (QED) is 0.824. The maximum absolute atomic E-state index is 9.21. The number of hydrogen-bond acceptors (Lipinski definition) is 3. The van der Waals surface area contributed by atoms with Gasteiger partial charge in [0, 0.05) is 12.1 Å². The second-order valence-electron chi connectivity index (χ2n) is 8.44. The topological polar surface area (TPSA) is 55.5 Å². The first-order chi connectivity index (χ1) is 10.1. The van der Waals surface area contributed by atoms with Gasteiger partial charge in [0.25, 0.3) is 0 Å². The molecule has 0 amide bonds. The van der Waals surface area contributed by atoms with E-state index < -0.39 is 0 Å². The molecule has 3 aliphatic rings. The molecule has 1 heterocycles. The van der Waals surface area contributed by atoms with E-state index >= 15 is 0 Å². The predicted molar refractivity (Wildman–Crippen MR) is 93.8 cm³/mol. The van der Waals surface area contributed by atoms with Crippen molar-refractivity contribution in [1.82, 2.24) is 0 Å². The fourth-order valence-corrected chi connectivity index (χ4v) is 2.56. The fraction of sp³-hybridized carbons (Fsp3) is 1.00. The summed E-state index contributed by atoms with van der Waals surface area (Å²) in [6.07, 6.45) is 7.63. The molecule has 0 bridgehead atoms. The minimum absolute atomic E-state index is 0.250. The van der Waals surface area contributed by atoms with Crippen LogP contribution >= 0.6 is 0 Å². The first kappa shape index (κ1) is 19.9. The number of nitrogens with two attached hydrogens (primary N) is 1. The minimum Gasteiger partial charge on any atom is -0.390 e. The highest BCUT2D eigenvalue weighted by Gasteiger charge is 2.43. The molecule has 0 aromatic carbocycles. The predicted octanol–water partition coefficient (Wildman–Crippen LogP) is 4.12. The van der Waals surface area contributed by atoms with Gasteiger partial charge in [-0.3, -0.25) is 0 Å². The first-order valence-electron chi connectivity index (χ1n) is 9.23. The van der Waals surface area contributed by atoms with Crippen molar-refractivity contribution in [3.05, 3.63) is 0 Å². The molecule has 22 heavy (non-hydrogen) atoms. The van der Waals surface area contributed by atoms with Crippen molar-refractivity contribution in [2.45, 2.75) is 97.3 Å². The summed E-state index contributed by atoms with van der Waals surface area (Å²) in [5, 5.41) is 9.21. The Morgan fingerprint density at radius 3 is 1.59 bits per heavy atom. The summed E-state index contributed by atoms with van der Waals surface area (Å²) in [7, 11) is 0. The van der Waals surface area contributed by atoms with E-state index in [4.69, 9.17) is 10.5 Å². The Kier molecular flexibility index (Phi) is 7.35. The number of rotatable bonds is 3. The Morgan fingerprint density at radius 1 is 0.955 bits per heavy atom. The number of aliphatic hydroxyl groups is 1. The molecule has 0 spiro atoms. The van der Waals surface area contributed by atoms with Gasteiger partial charge in [0.1, 0.15) is 0 Å². The normalized spacial score (nSPS) is 27.1. The van der Waals surface area contributed by atoms with Gasteiger partial charge in [0.2, 0.25) is 0 Å². The van der Waals surface area contributed by atoms with Crippen molar-refractivity contribution >= 4 is 0 Å². The largest absolute Gasteiger partial charge is 0.390 e. The lowest BCUT2D eigenvalue weighted by Gasteiger charge is -2.11. The minimum atomic E-state index is -0.250. The monoisotopic (exact) mass is 313 g/mol. The highest BCUT2D eigenvalue weighted by atomic mass is 16.5. The van der Waals surface area contributed by atoms with Crippen LogP contribution in [0.25, 0.3) is 0 Å². The van der Waals surface area contributed by atoms with Crippen LogP contribution in [-0.4, -0.2) is 29.0 Å². The van der Waals surface area contributed by atoms with Crippen LogP contribution in [0.4, 0.5) is 0 Å². The van der Waals surface area contributed by atoms with Gasteiger partial charge in [-0.2, -0.15) is 0 Å². The van der Waals surface area contributed by atoms with Gasteiger partial charge in [-0.15, -0.1) is 0 Å². The molecule has 3 N–H and O–H groups in total. The van der Waals surface area contributed by atoms with Crippen LogP contribution in [0.5, 0.6) is 0 Å². The Balaban J connectivity index is 0.000000166. The highest BCUT2D eigenvalue weighted by Crippen LogP contribution is 2.41. The summed E-state index contributed by atoms with van der Waals surface area (Å²) in [5.74, 6) is 1.87. The van der Waals surface area contributed by atoms with E-state index in [1.54, 1.807) is 0 Å². The molecule has 3 rings (SSSR count). The van der Waals surface area contributed by atoms with Crippen molar-refractivity contribution in [3.63, 3.8) is 0 Å². The molecule has 2 aliphatic carbocycles. The van der Waals surface area contributed by atoms with E-state index in [9.17, 15) is 5.11 Å². The van der Waals surface area contributed by atoms with Crippen molar-refractivity contribution in [1.29, 1.82) is 0 Å². The molecule has 0 aromatic rings. The molecule has 132 valence electrons. The van der Waals surface area contributed by atoms with Gasteiger partial charge in [0.05, 0.1) is 11.7 Å². The smallest absolute Gasteiger partial charge is 0.0672 e. The summed E-state index contributed by atoms with van der Waals surface area (Å²) in [6, 6.07) is 0. The average molecular weight is 314 g/mol. The van der Waals surface area contributed by atoms with Gasteiger partial charge in [-0.25, -0.2) is 0 Å². The molecule has 3 fully saturated rings. The van der Waals surface area contributed by atoms with E-state index in [-0.39, 0.29) is 11.1 Å². The summed E-state index contributed by atoms with van der Waals surface area (Å²) < 4.78 is 5.41. The average Bonchev–Trinajstić information content (AvgIpc) is 3.30. The lowest BCUT2D eigenvalue weighted by atomic mass is 10.0. The third kappa shape index (κ3) is 6.55. The molecule has 1 atom stereocenters. The standard InChI is InChI=1S/C7H14O.C6H13N.C6H12O/c1-6(2)7-4-3-5-8-7;2*1-5(2)6(7)3-4-6/h6-7H,3-5H2,1-2H3;5H,3-4,7H2,1-2H3;5,7H,3-4H2,1-2H3. The van der Waals surface area contributed by atoms with Crippen molar-refractivity contribution < 1.29 is 9.84 Å². The van der Waals surface area contributed by atoms with Crippen molar-refractivity contribution in [2.75, 3.05) is 6.61 Å². The molecular weight excluding hydrogens is 274 g/mol. The molecule has 3 nitrogen and oxygen atoms in total.